The third-order valence-corrected chi connectivity index (χ3v) is 4.06. The predicted octanol–water partition coefficient (Wildman–Crippen LogP) is 3.69. The Balaban J connectivity index is 2.32. The van der Waals surface area contributed by atoms with E-state index in [0.29, 0.717) is 5.92 Å². The van der Waals surface area contributed by atoms with Crippen LogP contribution in [0.4, 0.5) is 5.69 Å². The number of hydrogen-bond acceptors (Lipinski definition) is 1. The Hall–Kier alpha value is -1.83. The van der Waals surface area contributed by atoms with Crippen LogP contribution in [0.3, 0.4) is 0 Å². The molecule has 1 atom stereocenters. The maximum atomic E-state index is 11.9. The van der Waals surface area contributed by atoms with Gasteiger partial charge >= 0.3 is 0 Å². The summed E-state index contributed by atoms with van der Waals surface area (Å²) < 4.78 is 0. The van der Waals surface area contributed by atoms with Crippen LogP contribution in [0.15, 0.2) is 30.3 Å². The van der Waals surface area contributed by atoms with E-state index in [-0.39, 0.29) is 5.91 Å². The van der Waals surface area contributed by atoms with E-state index in [9.17, 15) is 4.79 Å². The van der Waals surface area contributed by atoms with Crippen molar-refractivity contribution in [3.63, 3.8) is 0 Å². The number of rotatable bonds is 0. The SMILES string of the molecule is CC(=O)N1C[C@@H](C)Cc2c1cc(C)c1ccccc21. The van der Waals surface area contributed by atoms with Crippen molar-refractivity contribution in [1.82, 2.24) is 0 Å². The fourth-order valence-corrected chi connectivity index (χ4v) is 3.17. The quantitative estimate of drug-likeness (QED) is 0.701. The Morgan fingerprint density at radius 1 is 1.26 bits per heavy atom. The second-order valence-electron chi connectivity index (χ2n) is 5.68. The molecule has 1 aliphatic rings. The molecule has 2 aromatic carbocycles. The number of anilines is 1. The molecular weight excluding hydrogens is 234 g/mol. The number of aryl methyl sites for hydroxylation is 1. The summed E-state index contributed by atoms with van der Waals surface area (Å²) in [6.45, 7) is 6.83. The van der Waals surface area contributed by atoms with Gasteiger partial charge in [-0.15, -0.1) is 0 Å². The average Bonchev–Trinajstić information content (AvgIpc) is 2.39. The summed E-state index contributed by atoms with van der Waals surface area (Å²) in [7, 11) is 0. The van der Waals surface area contributed by atoms with Crippen LogP contribution in [0.2, 0.25) is 0 Å². The molecule has 98 valence electrons. The van der Waals surface area contributed by atoms with Gasteiger partial charge in [-0.3, -0.25) is 4.79 Å². The van der Waals surface area contributed by atoms with E-state index < -0.39 is 0 Å². The van der Waals surface area contributed by atoms with Crippen molar-refractivity contribution in [2.75, 3.05) is 11.4 Å². The van der Waals surface area contributed by atoms with Gasteiger partial charge in [0, 0.05) is 19.2 Å². The van der Waals surface area contributed by atoms with Crippen LogP contribution >= 0.6 is 0 Å². The fraction of sp³-hybridized carbons (Fsp3) is 0.353. The van der Waals surface area contributed by atoms with Gasteiger partial charge in [-0.25, -0.2) is 0 Å². The lowest BCUT2D eigenvalue weighted by molar-refractivity contribution is -0.116. The highest BCUT2D eigenvalue weighted by molar-refractivity contribution is 6.00. The predicted molar refractivity (Wildman–Crippen MR) is 79.6 cm³/mol. The van der Waals surface area contributed by atoms with Crippen LogP contribution in [0.5, 0.6) is 0 Å². The zero-order valence-corrected chi connectivity index (χ0v) is 11.7. The van der Waals surface area contributed by atoms with E-state index in [2.05, 4.69) is 44.2 Å². The lowest BCUT2D eigenvalue weighted by atomic mass is 9.88. The van der Waals surface area contributed by atoms with E-state index in [4.69, 9.17) is 0 Å². The van der Waals surface area contributed by atoms with Gasteiger partial charge in [0.05, 0.1) is 0 Å². The number of carbonyl (C=O) groups is 1. The first kappa shape index (κ1) is 12.2. The zero-order valence-electron chi connectivity index (χ0n) is 11.7. The molecule has 0 bridgehead atoms. The number of benzene rings is 2. The molecule has 0 saturated heterocycles. The Morgan fingerprint density at radius 3 is 2.63 bits per heavy atom. The molecule has 0 fully saturated rings. The Bertz CT molecular complexity index is 660. The third-order valence-electron chi connectivity index (χ3n) is 4.06. The summed E-state index contributed by atoms with van der Waals surface area (Å²) in [4.78, 5) is 13.8. The van der Waals surface area contributed by atoms with Crippen molar-refractivity contribution in [2.45, 2.75) is 27.2 Å². The topological polar surface area (TPSA) is 20.3 Å². The first-order valence-corrected chi connectivity index (χ1v) is 6.87. The average molecular weight is 253 g/mol. The molecule has 3 rings (SSSR count). The molecule has 1 aliphatic heterocycles. The summed E-state index contributed by atoms with van der Waals surface area (Å²) in [6.07, 6.45) is 1.06. The minimum Gasteiger partial charge on any atom is -0.312 e. The molecule has 0 spiro atoms. The van der Waals surface area contributed by atoms with Crippen LogP contribution in [-0.4, -0.2) is 12.5 Å². The first-order valence-electron chi connectivity index (χ1n) is 6.87. The molecule has 0 saturated carbocycles. The summed E-state index contributed by atoms with van der Waals surface area (Å²) in [5, 5.41) is 2.61. The minimum atomic E-state index is 0.141. The van der Waals surface area contributed by atoms with Crippen molar-refractivity contribution < 1.29 is 4.79 Å². The van der Waals surface area contributed by atoms with Gasteiger partial charge in [0.25, 0.3) is 0 Å². The van der Waals surface area contributed by atoms with Crippen LogP contribution < -0.4 is 4.90 Å². The van der Waals surface area contributed by atoms with Gasteiger partial charge in [-0.2, -0.15) is 0 Å². The zero-order chi connectivity index (χ0) is 13.6. The van der Waals surface area contributed by atoms with E-state index in [1.165, 1.54) is 21.9 Å². The Kier molecular flexibility index (Phi) is 2.81. The van der Waals surface area contributed by atoms with Crippen molar-refractivity contribution >= 4 is 22.4 Å². The fourth-order valence-electron chi connectivity index (χ4n) is 3.17. The van der Waals surface area contributed by atoms with Gasteiger partial charge < -0.3 is 4.90 Å². The minimum absolute atomic E-state index is 0.141. The van der Waals surface area contributed by atoms with Crippen LogP contribution in [0, 0.1) is 12.8 Å². The molecule has 0 radical (unpaired) electrons. The first-order chi connectivity index (χ1) is 9.08. The molecule has 0 aromatic heterocycles. The summed E-state index contributed by atoms with van der Waals surface area (Å²) in [5.41, 5.74) is 3.69. The smallest absolute Gasteiger partial charge is 0.223 e. The molecule has 19 heavy (non-hydrogen) atoms. The van der Waals surface area contributed by atoms with Gasteiger partial charge in [0.15, 0.2) is 0 Å². The molecule has 2 heteroatoms. The van der Waals surface area contributed by atoms with Gasteiger partial charge in [-0.1, -0.05) is 31.2 Å². The van der Waals surface area contributed by atoms with E-state index in [0.717, 1.165) is 18.7 Å². The molecule has 0 N–H and O–H groups in total. The largest absolute Gasteiger partial charge is 0.312 e. The normalized spacial score (nSPS) is 18.5. The van der Waals surface area contributed by atoms with Crippen molar-refractivity contribution in [1.29, 1.82) is 0 Å². The van der Waals surface area contributed by atoms with Gasteiger partial charge in [0.1, 0.15) is 0 Å². The number of amides is 1. The maximum absolute atomic E-state index is 11.9. The maximum Gasteiger partial charge on any atom is 0.223 e. The highest BCUT2D eigenvalue weighted by Gasteiger charge is 2.26. The number of carbonyl (C=O) groups excluding carboxylic acids is 1. The van der Waals surface area contributed by atoms with E-state index >= 15 is 0 Å². The number of hydrogen-bond donors (Lipinski definition) is 0. The summed E-state index contributed by atoms with van der Waals surface area (Å²) in [5.74, 6) is 0.657. The summed E-state index contributed by atoms with van der Waals surface area (Å²) in [6, 6.07) is 10.7. The molecule has 1 heterocycles. The Morgan fingerprint density at radius 2 is 1.95 bits per heavy atom. The second-order valence-corrected chi connectivity index (χ2v) is 5.68. The van der Waals surface area contributed by atoms with Crippen LogP contribution in [0.25, 0.3) is 10.8 Å². The third kappa shape index (κ3) is 1.92. The van der Waals surface area contributed by atoms with Crippen molar-refractivity contribution in [3.8, 4) is 0 Å². The van der Waals surface area contributed by atoms with E-state index in [1.807, 2.05) is 4.90 Å². The number of fused-ring (bicyclic) bond motifs is 3. The van der Waals surface area contributed by atoms with E-state index in [1.54, 1.807) is 6.92 Å². The Labute approximate surface area is 114 Å². The molecule has 2 aromatic rings. The highest BCUT2D eigenvalue weighted by Crippen LogP contribution is 2.37. The second kappa shape index (κ2) is 4.37. The van der Waals surface area contributed by atoms with Crippen molar-refractivity contribution in [2.24, 2.45) is 5.92 Å². The van der Waals surface area contributed by atoms with Crippen molar-refractivity contribution in [3.05, 3.63) is 41.5 Å². The molecule has 2 nitrogen and oxygen atoms in total. The van der Waals surface area contributed by atoms with Gasteiger partial charge in [0.2, 0.25) is 5.91 Å². The number of nitrogens with zero attached hydrogens (tertiary/aromatic N) is 1. The standard InChI is InChI=1S/C17H19NO/c1-11-8-16-15-7-5-4-6-14(15)12(2)9-17(16)18(10-11)13(3)19/h4-7,9,11H,8,10H2,1-3H3/t11-/m0/s1. The monoisotopic (exact) mass is 253 g/mol. The van der Waals surface area contributed by atoms with Crippen LogP contribution in [-0.2, 0) is 11.2 Å². The van der Waals surface area contributed by atoms with Crippen LogP contribution in [0.1, 0.15) is 25.0 Å². The highest BCUT2D eigenvalue weighted by atomic mass is 16.2. The molecule has 1 amide bonds. The lowest BCUT2D eigenvalue weighted by Crippen LogP contribution is -2.37. The lowest BCUT2D eigenvalue weighted by Gasteiger charge is -2.34. The molecule has 0 aliphatic carbocycles. The molecular formula is C17H19NO. The summed E-state index contributed by atoms with van der Waals surface area (Å²) >= 11 is 0. The molecule has 0 unspecified atom stereocenters. The van der Waals surface area contributed by atoms with Gasteiger partial charge in [-0.05, 0) is 47.2 Å².